The summed E-state index contributed by atoms with van der Waals surface area (Å²) in [6, 6.07) is 9.06. The molecule has 0 aliphatic carbocycles. The van der Waals surface area contributed by atoms with Gasteiger partial charge in [-0.25, -0.2) is 0 Å². The number of rotatable bonds is 3. The van der Waals surface area contributed by atoms with Crippen molar-refractivity contribution in [3.05, 3.63) is 30.3 Å². The van der Waals surface area contributed by atoms with Gasteiger partial charge in [-0.2, -0.15) is 0 Å². The Morgan fingerprint density at radius 1 is 1.12 bits per heavy atom. The Balaban J connectivity index is 0.000000366. The van der Waals surface area contributed by atoms with Crippen LogP contribution in [-0.2, 0) is 14.3 Å². The van der Waals surface area contributed by atoms with Crippen LogP contribution < -0.4 is 4.74 Å². The number of carbonyl (C=O) groups excluding carboxylic acids is 2. The molecular formula is C13H18O4. The standard InChI is InChI=1S/C9H10O2.C4H8O2/c1-2-9(10)11-8-6-4-3-5-7-8;1-3-6-4(2)5/h3-7H,2H2,1H3;3H2,1-2H3. The normalized spacial score (nSPS) is 8.65. The van der Waals surface area contributed by atoms with Gasteiger partial charge >= 0.3 is 11.9 Å². The van der Waals surface area contributed by atoms with Gasteiger partial charge in [0.1, 0.15) is 5.75 Å². The molecule has 1 aromatic carbocycles. The SMILES string of the molecule is CCC(=O)Oc1ccccc1.CCOC(C)=O. The largest absolute Gasteiger partial charge is 0.466 e. The van der Waals surface area contributed by atoms with Gasteiger partial charge in [-0.1, -0.05) is 25.1 Å². The van der Waals surface area contributed by atoms with E-state index >= 15 is 0 Å². The zero-order chi connectivity index (χ0) is 13.1. The van der Waals surface area contributed by atoms with Gasteiger partial charge in [-0.3, -0.25) is 9.59 Å². The Kier molecular flexibility index (Phi) is 8.37. The molecule has 0 aliphatic heterocycles. The van der Waals surface area contributed by atoms with Crippen molar-refractivity contribution in [2.24, 2.45) is 0 Å². The van der Waals surface area contributed by atoms with Gasteiger partial charge in [0.2, 0.25) is 0 Å². The molecule has 0 bridgehead atoms. The fourth-order valence-electron chi connectivity index (χ4n) is 0.895. The Labute approximate surface area is 102 Å². The van der Waals surface area contributed by atoms with E-state index in [9.17, 15) is 9.59 Å². The highest BCUT2D eigenvalue weighted by Gasteiger charge is 1.98. The van der Waals surface area contributed by atoms with Gasteiger partial charge in [-0.05, 0) is 19.1 Å². The summed E-state index contributed by atoms with van der Waals surface area (Å²) in [4.78, 5) is 20.6. The number of ether oxygens (including phenoxy) is 2. The molecule has 1 rings (SSSR count). The van der Waals surface area contributed by atoms with Crippen molar-refractivity contribution in [1.82, 2.24) is 0 Å². The number of para-hydroxylation sites is 1. The van der Waals surface area contributed by atoms with E-state index in [1.54, 1.807) is 26.0 Å². The molecule has 0 unspecified atom stereocenters. The molecule has 0 N–H and O–H groups in total. The van der Waals surface area contributed by atoms with E-state index < -0.39 is 0 Å². The second-order valence-electron chi connectivity index (χ2n) is 3.07. The summed E-state index contributed by atoms with van der Waals surface area (Å²) >= 11 is 0. The van der Waals surface area contributed by atoms with Crippen LogP contribution in [0.4, 0.5) is 0 Å². The quantitative estimate of drug-likeness (QED) is 0.600. The van der Waals surface area contributed by atoms with Crippen molar-refractivity contribution >= 4 is 11.9 Å². The van der Waals surface area contributed by atoms with Crippen LogP contribution in [-0.4, -0.2) is 18.5 Å². The highest BCUT2D eigenvalue weighted by molar-refractivity contribution is 5.71. The van der Waals surface area contributed by atoms with Gasteiger partial charge in [0.05, 0.1) is 6.61 Å². The zero-order valence-electron chi connectivity index (χ0n) is 10.4. The fraction of sp³-hybridized carbons (Fsp3) is 0.385. The predicted molar refractivity (Wildman–Crippen MR) is 64.7 cm³/mol. The van der Waals surface area contributed by atoms with Crippen LogP contribution in [0.25, 0.3) is 0 Å². The van der Waals surface area contributed by atoms with Crippen LogP contribution in [0.15, 0.2) is 30.3 Å². The number of hydrogen-bond donors (Lipinski definition) is 0. The first-order valence-electron chi connectivity index (χ1n) is 5.49. The molecule has 1 aromatic rings. The number of esters is 2. The maximum Gasteiger partial charge on any atom is 0.310 e. The summed E-state index contributed by atoms with van der Waals surface area (Å²) in [5.41, 5.74) is 0. The molecular weight excluding hydrogens is 220 g/mol. The minimum Gasteiger partial charge on any atom is -0.466 e. The minimum absolute atomic E-state index is 0.198. The second kappa shape index (κ2) is 9.39. The summed E-state index contributed by atoms with van der Waals surface area (Å²) in [7, 11) is 0. The number of carbonyl (C=O) groups is 2. The summed E-state index contributed by atoms with van der Waals surface area (Å²) in [6.07, 6.45) is 0.412. The van der Waals surface area contributed by atoms with Crippen LogP contribution >= 0.6 is 0 Å². The predicted octanol–water partition coefficient (Wildman–Crippen LogP) is 2.57. The van der Waals surface area contributed by atoms with Crippen molar-refractivity contribution in [2.45, 2.75) is 27.2 Å². The third-order valence-electron chi connectivity index (χ3n) is 1.61. The molecule has 17 heavy (non-hydrogen) atoms. The summed E-state index contributed by atoms with van der Waals surface area (Å²) in [5.74, 6) is 0.202. The lowest BCUT2D eigenvalue weighted by Crippen LogP contribution is -2.04. The first kappa shape index (κ1) is 15.2. The topological polar surface area (TPSA) is 52.6 Å². The molecule has 0 aromatic heterocycles. The molecule has 0 saturated carbocycles. The van der Waals surface area contributed by atoms with E-state index in [1.165, 1.54) is 6.92 Å². The lowest BCUT2D eigenvalue weighted by molar-refractivity contribution is -0.140. The van der Waals surface area contributed by atoms with E-state index in [2.05, 4.69) is 4.74 Å². The van der Waals surface area contributed by atoms with E-state index in [-0.39, 0.29) is 11.9 Å². The molecule has 0 saturated heterocycles. The third-order valence-corrected chi connectivity index (χ3v) is 1.61. The monoisotopic (exact) mass is 238 g/mol. The lowest BCUT2D eigenvalue weighted by Gasteiger charge is -1.99. The van der Waals surface area contributed by atoms with Crippen LogP contribution in [0, 0.1) is 0 Å². The second-order valence-corrected chi connectivity index (χ2v) is 3.07. The first-order valence-corrected chi connectivity index (χ1v) is 5.49. The fourth-order valence-corrected chi connectivity index (χ4v) is 0.895. The Morgan fingerprint density at radius 2 is 1.71 bits per heavy atom. The van der Waals surface area contributed by atoms with Gasteiger partial charge in [-0.15, -0.1) is 0 Å². The summed E-state index contributed by atoms with van der Waals surface area (Å²) < 4.78 is 9.33. The van der Waals surface area contributed by atoms with Crippen LogP contribution in [0.2, 0.25) is 0 Å². The first-order chi connectivity index (χ1) is 8.10. The van der Waals surface area contributed by atoms with Crippen molar-refractivity contribution in [2.75, 3.05) is 6.61 Å². The van der Waals surface area contributed by atoms with Crippen LogP contribution in [0.5, 0.6) is 5.75 Å². The highest BCUT2D eigenvalue weighted by atomic mass is 16.5. The molecule has 0 aliphatic rings. The minimum atomic E-state index is -0.211. The van der Waals surface area contributed by atoms with E-state index in [0.29, 0.717) is 18.8 Å². The molecule has 0 amide bonds. The maximum atomic E-state index is 10.8. The zero-order valence-corrected chi connectivity index (χ0v) is 10.4. The molecule has 0 radical (unpaired) electrons. The summed E-state index contributed by atoms with van der Waals surface area (Å²) in [6.45, 7) is 5.42. The van der Waals surface area contributed by atoms with Gasteiger partial charge in [0.15, 0.2) is 0 Å². The highest BCUT2D eigenvalue weighted by Crippen LogP contribution is 2.08. The van der Waals surface area contributed by atoms with Gasteiger partial charge < -0.3 is 9.47 Å². The molecule has 4 heteroatoms. The molecule has 0 spiro atoms. The Bertz CT molecular complexity index is 333. The van der Waals surface area contributed by atoms with Crippen LogP contribution in [0.3, 0.4) is 0 Å². The molecule has 94 valence electrons. The van der Waals surface area contributed by atoms with E-state index in [0.717, 1.165) is 0 Å². The summed E-state index contributed by atoms with van der Waals surface area (Å²) in [5, 5.41) is 0. The third kappa shape index (κ3) is 9.11. The van der Waals surface area contributed by atoms with Crippen molar-refractivity contribution in [3.8, 4) is 5.75 Å². The van der Waals surface area contributed by atoms with Crippen molar-refractivity contribution in [3.63, 3.8) is 0 Å². The molecule has 4 nitrogen and oxygen atoms in total. The van der Waals surface area contributed by atoms with Gasteiger partial charge in [0, 0.05) is 13.3 Å². The van der Waals surface area contributed by atoms with Crippen molar-refractivity contribution < 1.29 is 19.1 Å². The maximum absolute atomic E-state index is 10.8. The Morgan fingerprint density at radius 3 is 2.06 bits per heavy atom. The number of benzene rings is 1. The Hall–Kier alpha value is -1.84. The average molecular weight is 238 g/mol. The smallest absolute Gasteiger partial charge is 0.310 e. The van der Waals surface area contributed by atoms with Crippen molar-refractivity contribution in [1.29, 1.82) is 0 Å². The van der Waals surface area contributed by atoms with Crippen LogP contribution in [0.1, 0.15) is 27.2 Å². The molecule has 0 heterocycles. The number of hydrogen-bond acceptors (Lipinski definition) is 4. The van der Waals surface area contributed by atoms with Gasteiger partial charge in [0.25, 0.3) is 0 Å². The van der Waals surface area contributed by atoms with E-state index in [4.69, 9.17) is 4.74 Å². The molecule has 0 fully saturated rings. The lowest BCUT2D eigenvalue weighted by atomic mass is 10.3. The average Bonchev–Trinajstić information content (AvgIpc) is 2.31. The molecule has 0 atom stereocenters. The van der Waals surface area contributed by atoms with E-state index in [1.807, 2.05) is 18.2 Å².